The first-order valence-corrected chi connectivity index (χ1v) is 9.55. The molecule has 1 aliphatic rings. The molecule has 2 heterocycles. The number of hydrazine groups is 1. The highest BCUT2D eigenvalue weighted by Crippen LogP contribution is 2.21. The largest absolute Gasteiger partial charge is 0.378 e. The Hall–Kier alpha value is -2.23. The first-order chi connectivity index (χ1) is 12.5. The summed E-state index contributed by atoms with van der Waals surface area (Å²) in [6.07, 6.45) is 0. The molecule has 1 aromatic carbocycles. The molecule has 0 spiro atoms. The Bertz CT molecular complexity index is 802. The third kappa shape index (κ3) is 4.48. The van der Waals surface area contributed by atoms with Crippen LogP contribution in [0.3, 0.4) is 0 Å². The van der Waals surface area contributed by atoms with Gasteiger partial charge in [-0.15, -0.1) is 11.3 Å². The lowest BCUT2D eigenvalue weighted by atomic mass is 10.1. The van der Waals surface area contributed by atoms with Gasteiger partial charge in [0.1, 0.15) is 5.69 Å². The molecule has 0 unspecified atom stereocenters. The van der Waals surface area contributed by atoms with E-state index in [1.165, 1.54) is 16.9 Å². The number of aromatic nitrogens is 1. The van der Waals surface area contributed by atoms with Gasteiger partial charge in [-0.25, -0.2) is 4.98 Å². The lowest BCUT2D eigenvalue weighted by Crippen LogP contribution is -2.44. The summed E-state index contributed by atoms with van der Waals surface area (Å²) >= 11 is 6.69. The second kappa shape index (κ2) is 8.43. The van der Waals surface area contributed by atoms with Crippen molar-refractivity contribution in [3.05, 3.63) is 40.4 Å². The number of nitrogens with one attached hydrogen (secondary N) is 3. The van der Waals surface area contributed by atoms with Crippen LogP contribution in [0.5, 0.6) is 0 Å². The second-order valence-corrected chi connectivity index (χ2v) is 7.14. The molecule has 0 saturated carbocycles. The number of hydrogen-bond donors (Lipinski definition) is 3. The lowest BCUT2D eigenvalue weighted by Gasteiger charge is -2.25. The fourth-order valence-corrected chi connectivity index (χ4v) is 3.51. The van der Waals surface area contributed by atoms with E-state index >= 15 is 0 Å². The van der Waals surface area contributed by atoms with E-state index in [9.17, 15) is 4.79 Å². The summed E-state index contributed by atoms with van der Waals surface area (Å²) in [5, 5.41) is 5.96. The molecular formula is C17H21N5O2S2. The number of ether oxygens (including phenoxy) is 1. The first kappa shape index (κ1) is 18.6. The highest BCUT2D eigenvalue weighted by Gasteiger charge is 2.17. The molecule has 0 bridgehead atoms. The summed E-state index contributed by atoms with van der Waals surface area (Å²) in [4.78, 5) is 18.8. The molecule has 0 aliphatic carbocycles. The van der Waals surface area contributed by atoms with Crippen molar-refractivity contribution in [2.75, 3.05) is 36.5 Å². The van der Waals surface area contributed by atoms with Crippen LogP contribution < -0.4 is 21.1 Å². The number of carbonyl (C=O) groups excluding carboxylic acids is 1. The summed E-state index contributed by atoms with van der Waals surface area (Å²) in [6, 6.07) is 5.93. The Morgan fingerprint density at radius 1 is 1.27 bits per heavy atom. The maximum absolute atomic E-state index is 12.3. The molecular weight excluding hydrogens is 370 g/mol. The van der Waals surface area contributed by atoms with Crippen molar-refractivity contribution < 1.29 is 9.53 Å². The van der Waals surface area contributed by atoms with Gasteiger partial charge in [0.05, 0.1) is 13.2 Å². The lowest BCUT2D eigenvalue weighted by molar-refractivity contribution is 0.0940. The van der Waals surface area contributed by atoms with Crippen LogP contribution in [-0.4, -0.2) is 42.3 Å². The predicted molar refractivity (Wildman–Crippen MR) is 108 cm³/mol. The van der Waals surface area contributed by atoms with E-state index in [0.29, 0.717) is 24.0 Å². The zero-order valence-electron chi connectivity index (χ0n) is 14.7. The number of morpholine rings is 1. The molecule has 2 aromatic rings. The van der Waals surface area contributed by atoms with Crippen molar-refractivity contribution in [1.29, 1.82) is 0 Å². The van der Waals surface area contributed by atoms with E-state index in [2.05, 4.69) is 26.1 Å². The Morgan fingerprint density at radius 3 is 2.81 bits per heavy atom. The fourth-order valence-electron chi connectivity index (χ4n) is 2.49. The van der Waals surface area contributed by atoms with Crippen molar-refractivity contribution in [3.8, 4) is 0 Å². The Labute approximate surface area is 161 Å². The number of amides is 1. The van der Waals surface area contributed by atoms with Crippen molar-refractivity contribution >= 4 is 45.4 Å². The maximum Gasteiger partial charge on any atom is 0.289 e. The molecule has 26 heavy (non-hydrogen) atoms. The first-order valence-electron chi connectivity index (χ1n) is 8.26. The van der Waals surface area contributed by atoms with E-state index in [1.807, 2.05) is 32.0 Å². The van der Waals surface area contributed by atoms with Crippen LogP contribution in [0.25, 0.3) is 0 Å². The van der Waals surface area contributed by atoms with E-state index < -0.39 is 0 Å². The smallest absolute Gasteiger partial charge is 0.289 e. The molecule has 0 atom stereocenters. The Balaban J connectivity index is 1.53. The summed E-state index contributed by atoms with van der Waals surface area (Å²) in [5.74, 6) is -0.328. The Morgan fingerprint density at radius 2 is 2.04 bits per heavy atom. The SMILES string of the molecule is Cc1cccc(NC(=S)NNC(=O)c2csc(N3CCOCC3)n2)c1C. The quantitative estimate of drug-likeness (QED) is 0.547. The monoisotopic (exact) mass is 391 g/mol. The molecule has 3 rings (SSSR count). The van der Waals surface area contributed by atoms with Gasteiger partial charge in [-0.05, 0) is 43.3 Å². The third-order valence-electron chi connectivity index (χ3n) is 4.15. The molecule has 1 aliphatic heterocycles. The molecule has 1 fully saturated rings. The molecule has 1 amide bonds. The van der Waals surface area contributed by atoms with Gasteiger partial charge in [0.25, 0.3) is 5.91 Å². The van der Waals surface area contributed by atoms with Crippen LogP contribution in [0.15, 0.2) is 23.6 Å². The topological polar surface area (TPSA) is 78.5 Å². The average Bonchev–Trinajstić information content (AvgIpc) is 3.14. The number of hydrogen-bond acceptors (Lipinski definition) is 6. The van der Waals surface area contributed by atoms with E-state index in [0.717, 1.165) is 29.5 Å². The number of anilines is 2. The second-order valence-electron chi connectivity index (χ2n) is 5.90. The summed E-state index contributed by atoms with van der Waals surface area (Å²) in [7, 11) is 0. The summed E-state index contributed by atoms with van der Waals surface area (Å²) in [6.45, 7) is 6.99. The normalized spacial score (nSPS) is 14.0. The minimum atomic E-state index is -0.328. The van der Waals surface area contributed by atoms with Crippen LogP contribution in [0.2, 0.25) is 0 Å². The van der Waals surface area contributed by atoms with Gasteiger partial charge in [0.15, 0.2) is 10.2 Å². The van der Waals surface area contributed by atoms with Gasteiger partial charge in [-0.3, -0.25) is 15.6 Å². The van der Waals surface area contributed by atoms with Crippen molar-refractivity contribution in [1.82, 2.24) is 15.8 Å². The zero-order chi connectivity index (χ0) is 18.5. The third-order valence-corrected chi connectivity index (χ3v) is 5.25. The number of thiazole rings is 1. The molecule has 1 saturated heterocycles. The number of rotatable bonds is 3. The van der Waals surface area contributed by atoms with Crippen LogP contribution in [0.1, 0.15) is 21.6 Å². The molecule has 138 valence electrons. The Kier molecular flexibility index (Phi) is 6.02. The highest BCUT2D eigenvalue weighted by molar-refractivity contribution is 7.80. The number of nitrogens with zero attached hydrogens (tertiary/aromatic N) is 2. The average molecular weight is 392 g/mol. The predicted octanol–water partition coefficient (Wildman–Crippen LogP) is 2.23. The molecule has 7 nitrogen and oxygen atoms in total. The standard InChI is InChI=1S/C17H21N5O2S2/c1-11-4-3-5-13(12(11)2)18-16(25)21-20-15(23)14-10-26-17(19-14)22-6-8-24-9-7-22/h3-5,10H,6-9H2,1-2H3,(H,20,23)(H2,18,21,25). The van der Waals surface area contributed by atoms with E-state index in [1.54, 1.807) is 5.38 Å². The van der Waals surface area contributed by atoms with Gasteiger partial charge in [0, 0.05) is 24.2 Å². The maximum atomic E-state index is 12.3. The van der Waals surface area contributed by atoms with Crippen molar-refractivity contribution in [3.63, 3.8) is 0 Å². The van der Waals surface area contributed by atoms with Gasteiger partial charge < -0.3 is 15.0 Å². The number of aryl methyl sites for hydroxylation is 1. The van der Waals surface area contributed by atoms with Gasteiger partial charge in [-0.2, -0.15) is 0 Å². The van der Waals surface area contributed by atoms with Gasteiger partial charge in [0.2, 0.25) is 0 Å². The fraction of sp³-hybridized carbons (Fsp3) is 0.353. The van der Waals surface area contributed by atoms with Crippen molar-refractivity contribution in [2.24, 2.45) is 0 Å². The van der Waals surface area contributed by atoms with Crippen LogP contribution >= 0.6 is 23.6 Å². The minimum absolute atomic E-state index is 0.315. The summed E-state index contributed by atoms with van der Waals surface area (Å²) < 4.78 is 5.33. The minimum Gasteiger partial charge on any atom is -0.378 e. The van der Waals surface area contributed by atoms with Crippen LogP contribution in [0, 0.1) is 13.8 Å². The van der Waals surface area contributed by atoms with Gasteiger partial charge in [-0.1, -0.05) is 12.1 Å². The molecule has 0 radical (unpaired) electrons. The van der Waals surface area contributed by atoms with E-state index in [-0.39, 0.29) is 5.91 Å². The van der Waals surface area contributed by atoms with E-state index in [4.69, 9.17) is 17.0 Å². The molecule has 9 heteroatoms. The van der Waals surface area contributed by atoms with Gasteiger partial charge >= 0.3 is 0 Å². The zero-order valence-corrected chi connectivity index (χ0v) is 16.3. The number of carbonyl (C=O) groups is 1. The number of thiocarbonyl (C=S) groups is 1. The number of benzene rings is 1. The summed E-state index contributed by atoms with van der Waals surface area (Å²) in [5.41, 5.74) is 8.83. The molecule has 3 N–H and O–H groups in total. The van der Waals surface area contributed by atoms with Crippen LogP contribution in [-0.2, 0) is 4.74 Å². The van der Waals surface area contributed by atoms with Crippen LogP contribution in [0.4, 0.5) is 10.8 Å². The highest BCUT2D eigenvalue weighted by atomic mass is 32.1. The molecule has 1 aromatic heterocycles. The van der Waals surface area contributed by atoms with Crippen molar-refractivity contribution in [2.45, 2.75) is 13.8 Å².